The van der Waals surface area contributed by atoms with Crippen LogP contribution in [-0.4, -0.2) is 148 Å². The van der Waals surface area contributed by atoms with Crippen molar-refractivity contribution in [1.29, 1.82) is 0 Å². The Morgan fingerprint density at radius 1 is 0.702 bits per heavy atom. The molecular formula is C28H73N2O9Si8. The molecule has 0 aliphatic carbocycles. The predicted molar refractivity (Wildman–Crippen MR) is 212 cm³/mol. The van der Waals surface area contributed by atoms with Crippen molar-refractivity contribution in [3.8, 4) is 0 Å². The van der Waals surface area contributed by atoms with E-state index < -0.39 is 60.6 Å². The van der Waals surface area contributed by atoms with E-state index in [0.29, 0.717) is 0 Å². The van der Waals surface area contributed by atoms with Crippen LogP contribution >= 0.6 is 0 Å². The fraction of sp³-hybridized carbons (Fsp3) is 1.00. The lowest BCUT2D eigenvalue weighted by atomic mass is 10.5. The van der Waals surface area contributed by atoms with Gasteiger partial charge in [-0.1, -0.05) is 26.8 Å². The van der Waals surface area contributed by atoms with E-state index in [4.69, 9.17) is 38.6 Å². The van der Waals surface area contributed by atoms with Gasteiger partial charge in [0.05, 0.1) is 9.52 Å². The Kier molecular flexibility index (Phi) is 22.3. The van der Waals surface area contributed by atoms with E-state index in [1.165, 1.54) is 6.04 Å². The van der Waals surface area contributed by atoms with E-state index in [1.54, 1.807) is 35.5 Å². The van der Waals surface area contributed by atoms with Crippen molar-refractivity contribution in [1.82, 2.24) is 9.47 Å². The molecule has 0 fully saturated rings. The average molecular weight is 807 g/mol. The van der Waals surface area contributed by atoms with Crippen molar-refractivity contribution in [2.75, 3.05) is 68.4 Å². The number of hydrogen-bond acceptors (Lipinski definition) is 11. The van der Waals surface area contributed by atoms with Crippen molar-refractivity contribution in [2.45, 2.75) is 116 Å². The predicted octanol–water partition coefficient (Wildman–Crippen LogP) is 6.23. The van der Waals surface area contributed by atoms with Crippen LogP contribution in [0.4, 0.5) is 0 Å². The molecule has 0 aliphatic heterocycles. The number of hydrogen-bond donors (Lipinski definition) is 0. The molecule has 19 heteroatoms. The van der Waals surface area contributed by atoms with E-state index in [2.05, 4.69) is 96.2 Å². The van der Waals surface area contributed by atoms with Gasteiger partial charge in [-0.25, -0.2) is 0 Å². The van der Waals surface area contributed by atoms with E-state index in [0.717, 1.165) is 59.9 Å². The maximum absolute atomic E-state index is 7.21. The van der Waals surface area contributed by atoms with Gasteiger partial charge < -0.3 is 48.1 Å². The molecule has 2 atom stereocenters. The Balaban J connectivity index is 5.36. The Bertz CT molecular complexity index is 847. The first-order valence-corrected chi connectivity index (χ1v) is 36.0. The number of nitrogens with zero attached hydrogens (tertiary/aromatic N) is 2. The molecule has 47 heavy (non-hydrogen) atoms. The molecule has 281 valence electrons. The van der Waals surface area contributed by atoms with Gasteiger partial charge in [0.2, 0.25) is 0 Å². The first-order valence-electron chi connectivity index (χ1n) is 17.1. The van der Waals surface area contributed by atoms with Crippen LogP contribution in [0.2, 0.25) is 88.6 Å². The number of rotatable bonds is 28. The van der Waals surface area contributed by atoms with Crippen molar-refractivity contribution in [3.63, 3.8) is 0 Å². The summed E-state index contributed by atoms with van der Waals surface area (Å²) >= 11 is 0. The van der Waals surface area contributed by atoms with E-state index in [1.807, 2.05) is 0 Å². The van der Waals surface area contributed by atoms with E-state index in [9.17, 15) is 0 Å². The molecule has 0 aromatic carbocycles. The molecule has 0 saturated heterocycles. The molecule has 2 unspecified atom stereocenters. The Hall–Kier alpha value is 1.30. The molecule has 0 aliphatic rings. The summed E-state index contributed by atoms with van der Waals surface area (Å²) in [6.45, 7) is 29.4. The van der Waals surface area contributed by atoms with Crippen LogP contribution in [0.5, 0.6) is 0 Å². The molecule has 0 heterocycles. The molecule has 0 aromatic rings. The molecule has 0 amide bonds. The second-order valence-electron chi connectivity index (χ2n) is 14.4. The van der Waals surface area contributed by atoms with Crippen molar-refractivity contribution < 1.29 is 38.6 Å². The fourth-order valence-corrected chi connectivity index (χ4v) is 40.0. The zero-order valence-corrected chi connectivity index (χ0v) is 41.5. The van der Waals surface area contributed by atoms with Gasteiger partial charge in [-0.2, -0.15) is 0 Å². The lowest BCUT2D eigenvalue weighted by Crippen LogP contribution is -2.64. The van der Waals surface area contributed by atoms with Gasteiger partial charge in [0.15, 0.2) is 8.32 Å². The lowest BCUT2D eigenvalue weighted by molar-refractivity contribution is 0.114. The molecule has 3 radical (unpaired) electrons. The molecular weight excluding hydrogens is 733 g/mol. The highest BCUT2D eigenvalue weighted by Gasteiger charge is 2.53. The topological polar surface area (TPSA) is 89.6 Å². The normalized spacial score (nSPS) is 16.0. The Labute approximate surface area is 301 Å². The van der Waals surface area contributed by atoms with Crippen molar-refractivity contribution >= 4 is 70.1 Å². The van der Waals surface area contributed by atoms with Gasteiger partial charge in [-0.3, -0.25) is 0 Å². The van der Waals surface area contributed by atoms with Crippen LogP contribution in [0.3, 0.4) is 0 Å². The third kappa shape index (κ3) is 18.1. The summed E-state index contributed by atoms with van der Waals surface area (Å²) in [5.74, 6) is 0. The molecule has 0 rings (SSSR count). The Morgan fingerprint density at radius 3 is 1.62 bits per heavy atom. The maximum atomic E-state index is 7.21. The molecule has 0 saturated carbocycles. The summed E-state index contributed by atoms with van der Waals surface area (Å²) in [6.07, 6.45) is 2.23. The van der Waals surface area contributed by atoms with Gasteiger partial charge in [-0.15, -0.1) is 0 Å². The highest BCUT2D eigenvalue weighted by Crippen LogP contribution is 2.36. The quantitative estimate of drug-likeness (QED) is 0.0667. The first-order chi connectivity index (χ1) is 21.5. The van der Waals surface area contributed by atoms with Crippen LogP contribution in [0.25, 0.3) is 0 Å². The highest BCUT2D eigenvalue weighted by atomic mass is 28.5. The summed E-state index contributed by atoms with van der Waals surface area (Å²) in [7, 11) is -4.36. The van der Waals surface area contributed by atoms with Gasteiger partial charge in [-0.05, 0) is 116 Å². The molecule has 0 N–H and O–H groups in total. The monoisotopic (exact) mass is 805 g/mol. The third-order valence-corrected chi connectivity index (χ3v) is 35.8. The summed E-state index contributed by atoms with van der Waals surface area (Å²) in [5.41, 5.74) is 0.0738. The van der Waals surface area contributed by atoms with E-state index >= 15 is 0 Å². The van der Waals surface area contributed by atoms with E-state index in [-0.39, 0.29) is 5.54 Å². The molecule has 0 aromatic heterocycles. The SMILES string of the molecule is CCN(CC)[Si](C)(CC(C)[Si](OC)(OC)OC)O[Si](C)(C)O[Si](C)(C)O[Si](C)(C)O[Si](C)(C)CC[Si]CN(C)CCC[Si](OC)OC. The summed E-state index contributed by atoms with van der Waals surface area (Å²) in [4.78, 5) is 2.43. The minimum Gasteiger partial charge on any atom is -0.436 e. The van der Waals surface area contributed by atoms with Gasteiger partial charge in [0, 0.05) is 41.1 Å². The summed E-state index contributed by atoms with van der Waals surface area (Å²) in [5, 5.41) is 0. The first kappa shape index (κ1) is 48.3. The van der Waals surface area contributed by atoms with Crippen molar-refractivity contribution in [3.05, 3.63) is 0 Å². The average Bonchev–Trinajstić information content (AvgIpc) is 2.92. The second kappa shape index (κ2) is 21.7. The minimum atomic E-state index is -2.84. The molecule has 11 nitrogen and oxygen atoms in total. The van der Waals surface area contributed by atoms with Crippen LogP contribution in [0.1, 0.15) is 27.2 Å². The van der Waals surface area contributed by atoms with Crippen molar-refractivity contribution in [2.24, 2.45) is 0 Å². The smallest absolute Gasteiger partial charge is 0.436 e. The lowest BCUT2D eigenvalue weighted by Gasteiger charge is -2.47. The minimum absolute atomic E-state index is 0.0738. The fourth-order valence-electron chi connectivity index (χ4n) is 6.69. The largest absolute Gasteiger partial charge is 0.502 e. The summed E-state index contributed by atoms with van der Waals surface area (Å²) in [6, 6.07) is 4.16. The zero-order chi connectivity index (χ0) is 36.7. The maximum Gasteiger partial charge on any atom is 0.502 e. The molecule has 0 bridgehead atoms. The second-order valence-corrected chi connectivity index (χ2v) is 40.3. The van der Waals surface area contributed by atoms with Crippen LogP contribution in [0.15, 0.2) is 0 Å². The van der Waals surface area contributed by atoms with Crippen LogP contribution in [0, 0.1) is 0 Å². The Morgan fingerprint density at radius 2 is 1.17 bits per heavy atom. The van der Waals surface area contributed by atoms with Crippen LogP contribution < -0.4 is 0 Å². The highest BCUT2D eigenvalue weighted by molar-refractivity contribution is 6.90. The standard InChI is InChI=1S/C28H73N2O9Si8/c1-19-30(20-2)46(18,26-28(3)47(33-7,34-8)35-9)39-45(16,17)38-44(14,15)37-43(12,13)36-42(10,11)25-23-40-27-29(4)22-21-24-41(31-5)32-6/h28H,19-27H2,1-18H3. The van der Waals surface area contributed by atoms with Gasteiger partial charge in [0.1, 0.15) is 0 Å². The third-order valence-electron chi connectivity index (χ3n) is 8.21. The summed E-state index contributed by atoms with van der Waals surface area (Å²) < 4.78 is 58.9. The zero-order valence-electron chi connectivity index (χ0n) is 33.5. The molecule has 0 spiro atoms. The van der Waals surface area contributed by atoms with Crippen LogP contribution in [-0.2, 0) is 38.6 Å². The van der Waals surface area contributed by atoms with Gasteiger partial charge >= 0.3 is 43.8 Å². The van der Waals surface area contributed by atoms with Gasteiger partial charge in [0.25, 0.3) is 8.48 Å².